The zero-order valence-corrected chi connectivity index (χ0v) is 11.2. The third-order valence-electron chi connectivity index (χ3n) is 4.25. The highest BCUT2D eigenvalue weighted by atomic mass is 19.1. The van der Waals surface area contributed by atoms with Gasteiger partial charge in [-0.2, -0.15) is 0 Å². The van der Waals surface area contributed by atoms with Crippen LogP contribution >= 0.6 is 0 Å². The van der Waals surface area contributed by atoms with Gasteiger partial charge in [0.25, 0.3) is 0 Å². The zero-order valence-electron chi connectivity index (χ0n) is 11.2. The minimum Gasteiger partial charge on any atom is -0.507 e. The highest BCUT2D eigenvalue weighted by Crippen LogP contribution is 2.46. The third-order valence-corrected chi connectivity index (χ3v) is 4.25. The lowest BCUT2D eigenvalue weighted by Gasteiger charge is -2.32. The molecule has 0 spiro atoms. The SMILES string of the molecule is O=Cc1ccc(O)c(C2=CCCC(F)=C2C2CCC2)c1. The van der Waals surface area contributed by atoms with E-state index < -0.39 is 0 Å². The predicted molar refractivity (Wildman–Crippen MR) is 76.2 cm³/mol. The molecule has 20 heavy (non-hydrogen) atoms. The summed E-state index contributed by atoms with van der Waals surface area (Å²) < 4.78 is 14.3. The van der Waals surface area contributed by atoms with E-state index in [2.05, 4.69) is 0 Å². The second-order valence-corrected chi connectivity index (χ2v) is 5.50. The van der Waals surface area contributed by atoms with Crippen LogP contribution in [0, 0.1) is 5.92 Å². The molecule has 0 aliphatic heterocycles. The van der Waals surface area contributed by atoms with Crippen LogP contribution in [0.4, 0.5) is 4.39 Å². The van der Waals surface area contributed by atoms with Gasteiger partial charge in [0.2, 0.25) is 0 Å². The van der Waals surface area contributed by atoms with E-state index in [1.54, 1.807) is 12.1 Å². The topological polar surface area (TPSA) is 37.3 Å². The van der Waals surface area contributed by atoms with Crippen molar-refractivity contribution in [3.05, 3.63) is 46.8 Å². The first kappa shape index (κ1) is 13.1. The van der Waals surface area contributed by atoms with Crippen LogP contribution in [0.2, 0.25) is 0 Å². The van der Waals surface area contributed by atoms with Crippen LogP contribution in [0.5, 0.6) is 5.75 Å². The van der Waals surface area contributed by atoms with E-state index in [1.807, 2.05) is 6.08 Å². The summed E-state index contributed by atoms with van der Waals surface area (Å²) >= 11 is 0. The monoisotopic (exact) mass is 272 g/mol. The average Bonchev–Trinajstić information content (AvgIpc) is 2.40. The van der Waals surface area contributed by atoms with E-state index in [4.69, 9.17) is 0 Å². The van der Waals surface area contributed by atoms with Gasteiger partial charge in [0.1, 0.15) is 17.9 Å². The van der Waals surface area contributed by atoms with Crippen molar-refractivity contribution in [1.29, 1.82) is 0 Å². The summed E-state index contributed by atoms with van der Waals surface area (Å²) in [5.74, 6) is 0.317. The first-order valence-corrected chi connectivity index (χ1v) is 7.08. The average molecular weight is 272 g/mol. The van der Waals surface area contributed by atoms with Gasteiger partial charge in [-0.25, -0.2) is 4.39 Å². The van der Waals surface area contributed by atoms with Crippen LogP contribution in [-0.4, -0.2) is 11.4 Å². The number of phenols is 1. The van der Waals surface area contributed by atoms with E-state index >= 15 is 0 Å². The van der Waals surface area contributed by atoms with E-state index in [-0.39, 0.29) is 17.5 Å². The lowest BCUT2D eigenvalue weighted by atomic mass is 9.73. The Kier molecular flexibility index (Phi) is 3.43. The fourth-order valence-electron chi connectivity index (χ4n) is 2.97. The lowest BCUT2D eigenvalue weighted by Crippen LogP contribution is -2.17. The number of carbonyl (C=O) groups is 1. The molecular formula is C17H17FO2. The Bertz CT molecular complexity index is 609. The summed E-state index contributed by atoms with van der Waals surface area (Å²) in [6, 6.07) is 4.72. The predicted octanol–water partition coefficient (Wildman–Crippen LogP) is 4.41. The third kappa shape index (κ3) is 2.17. The number of aromatic hydroxyl groups is 1. The highest BCUT2D eigenvalue weighted by Gasteiger charge is 2.30. The zero-order chi connectivity index (χ0) is 14.1. The molecular weight excluding hydrogens is 255 g/mol. The normalized spacial score (nSPS) is 19.6. The first-order chi connectivity index (χ1) is 9.70. The fourth-order valence-corrected chi connectivity index (χ4v) is 2.97. The van der Waals surface area contributed by atoms with Gasteiger partial charge >= 0.3 is 0 Å². The number of aldehydes is 1. The molecule has 2 nitrogen and oxygen atoms in total. The van der Waals surface area contributed by atoms with Crippen molar-refractivity contribution in [3.8, 4) is 5.75 Å². The maximum absolute atomic E-state index is 14.3. The first-order valence-electron chi connectivity index (χ1n) is 7.08. The summed E-state index contributed by atoms with van der Waals surface area (Å²) in [6.07, 6.45) is 6.97. The van der Waals surface area contributed by atoms with E-state index in [0.717, 1.165) is 36.7 Å². The van der Waals surface area contributed by atoms with Gasteiger partial charge in [-0.15, -0.1) is 0 Å². The molecule has 1 aromatic carbocycles. The number of phenolic OH excluding ortho intramolecular Hbond substituents is 1. The Morgan fingerprint density at radius 2 is 2.10 bits per heavy atom. The molecule has 1 aromatic rings. The van der Waals surface area contributed by atoms with Crippen molar-refractivity contribution < 1.29 is 14.3 Å². The molecule has 1 N–H and O–H groups in total. The molecule has 0 heterocycles. The van der Waals surface area contributed by atoms with Crippen LogP contribution in [0.3, 0.4) is 0 Å². The van der Waals surface area contributed by atoms with Gasteiger partial charge in [-0.1, -0.05) is 12.5 Å². The Balaban J connectivity index is 2.07. The molecule has 2 aliphatic carbocycles. The summed E-state index contributed by atoms with van der Waals surface area (Å²) in [5.41, 5.74) is 2.60. The van der Waals surface area contributed by atoms with Gasteiger partial charge in [0.05, 0.1) is 0 Å². The molecule has 0 radical (unpaired) electrons. The number of benzene rings is 1. The smallest absolute Gasteiger partial charge is 0.150 e. The van der Waals surface area contributed by atoms with Gasteiger partial charge in [-0.05, 0) is 54.5 Å². The standard InChI is InChI=1S/C17H17FO2/c18-15-6-2-5-13(17(15)12-3-1-4-12)14-9-11(10-19)7-8-16(14)20/h5,7-10,12,20H,1-4,6H2. The van der Waals surface area contributed by atoms with Crippen molar-refractivity contribution in [2.24, 2.45) is 5.92 Å². The molecule has 1 fully saturated rings. The molecule has 0 aromatic heterocycles. The van der Waals surface area contributed by atoms with Crippen LogP contribution in [0.15, 0.2) is 35.7 Å². The van der Waals surface area contributed by atoms with Crippen molar-refractivity contribution in [3.63, 3.8) is 0 Å². The van der Waals surface area contributed by atoms with Crippen LogP contribution in [-0.2, 0) is 0 Å². The highest BCUT2D eigenvalue weighted by molar-refractivity contribution is 5.87. The molecule has 0 unspecified atom stereocenters. The summed E-state index contributed by atoms with van der Waals surface area (Å²) in [4.78, 5) is 10.9. The number of carbonyl (C=O) groups excluding carboxylic acids is 1. The minimum atomic E-state index is -0.0527. The summed E-state index contributed by atoms with van der Waals surface area (Å²) in [5, 5.41) is 10.1. The van der Waals surface area contributed by atoms with Gasteiger partial charge in [-0.3, -0.25) is 4.79 Å². The second kappa shape index (κ2) is 5.23. The number of halogens is 1. The summed E-state index contributed by atoms with van der Waals surface area (Å²) in [6.45, 7) is 0. The van der Waals surface area contributed by atoms with Gasteiger partial charge in [0, 0.05) is 17.5 Å². The molecule has 0 atom stereocenters. The van der Waals surface area contributed by atoms with E-state index in [9.17, 15) is 14.3 Å². The molecule has 0 saturated heterocycles. The lowest BCUT2D eigenvalue weighted by molar-refractivity contribution is 0.112. The number of allylic oxidation sites excluding steroid dienone is 4. The Morgan fingerprint density at radius 1 is 1.30 bits per heavy atom. The van der Waals surface area contributed by atoms with Crippen LogP contribution in [0.1, 0.15) is 48.0 Å². The van der Waals surface area contributed by atoms with Crippen molar-refractivity contribution in [2.45, 2.75) is 32.1 Å². The maximum atomic E-state index is 14.3. The minimum absolute atomic E-state index is 0.0527. The molecule has 2 aliphatic rings. The van der Waals surface area contributed by atoms with Crippen molar-refractivity contribution >= 4 is 11.9 Å². The molecule has 104 valence electrons. The largest absolute Gasteiger partial charge is 0.507 e. The van der Waals surface area contributed by atoms with Crippen LogP contribution in [0.25, 0.3) is 5.57 Å². The molecule has 3 heteroatoms. The van der Waals surface area contributed by atoms with Gasteiger partial charge in [0.15, 0.2) is 0 Å². The van der Waals surface area contributed by atoms with Crippen molar-refractivity contribution in [1.82, 2.24) is 0 Å². The van der Waals surface area contributed by atoms with E-state index in [1.165, 1.54) is 6.07 Å². The number of rotatable bonds is 3. The Labute approximate surface area is 117 Å². The maximum Gasteiger partial charge on any atom is 0.150 e. The Hall–Kier alpha value is -1.90. The fraction of sp³-hybridized carbons (Fsp3) is 0.353. The second-order valence-electron chi connectivity index (χ2n) is 5.50. The van der Waals surface area contributed by atoms with Crippen molar-refractivity contribution in [2.75, 3.05) is 0 Å². The quantitative estimate of drug-likeness (QED) is 0.828. The van der Waals surface area contributed by atoms with E-state index in [0.29, 0.717) is 24.0 Å². The molecule has 1 saturated carbocycles. The van der Waals surface area contributed by atoms with Gasteiger partial charge < -0.3 is 5.11 Å². The molecule has 0 bridgehead atoms. The Morgan fingerprint density at radius 3 is 2.75 bits per heavy atom. The number of hydrogen-bond donors (Lipinski definition) is 1. The summed E-state index contributed by atoms with van der Waals surface area (Å²) in [7, 11) is 0. The van der Waals surface area contributed by atoms with Crippen LogP contribution < -0.4 is 0 Å². The number of hydrogen-bond acceptors (Lipinski definition) is 2. The molecule has 3 rings (SSSR count). The molecule has 0 amide bonds.